The van der Waals surface area contributed by atoms with Crippen molar-refractivity contribution in [2.45, 2.75) is 6.42 Å². The van der Waals surface area contributed by atoms with E-state index in [0.717, 1.165) is 5.56 Å². The van der Waals surface area contributed by atoms with Gasteiger partial charge in [-0.2, -0.15) is 4.68 Å². The van der Waals surface area contributed by atoms with Crippen LogP contribution in [0.2, 0.25) is 0 Å². The van der Waals surface area contributed by atoms with Gasteiger partial charge in [0.15, 0.2) is 0 Å². The maximum absolute atomic E-state index is 11.0. The van der Waals surface area contributed by atoms with Crippen molar-refractivity contribution in [1.29, 1.82) is 0 Å². The molecule has 1 aromatic heterocycles. The van der Waals surface area contributed by atoms with E-state index in [9.17, 15) is 4.79 Å². The number of hydrogen-bond donors (Lipinski definition) is 1. The molecular formula is C10H11N3O2. The third-order valence-corrected chi connectivity index (χ3v) is 2.04. The topological polar surface area (TPSA) is 74.1 Å². The van der Waals surface area contributed by atoms with Crippen molar-refractivity contribution >= 4 is 5.69 Å². The van der Waals surface area contributed by atoms with E-state index in [1.165, 1.54) is 4.68 Å². The average Bonchev–Trinajstić information content (AvgIpc) is 2.45. The zero-order valence-electron chi connectivity index (χ0n) is 8.30. The van der Waals surface area contributed by atoms with Gasteiger partial charge in [0.05, 0.1) is 6.42 Å². The molecule has 78 valence electrons. The zero-order valence-corrected chi connectivity index (χ0v) is 8.30. The second-order valence-corrected chi connectivity index (χ2v) is 3.31. The van der Waals surface area contributed by atoms with Gasteiger partial charge >= 0.3 is 5.76 Å². The minimum Gasteiger partial charge on any atom is -0.399 e. The molecule has 0 radical (unpaired) electrons. The summed E-state index contributed by atoms with van der Waals surface area (Å²) in [5.74, 6) is -0.0537. The Labute approximate surface area is 86.1 Å². The van der Waals surface area contributed by atoms with Crippen LogP contribution in [0.1, 0.15) is 11.5 Å². The van der Waals surface area contributed by atoms with Gasteiger partial charge in [0.2, 0.25) is 5.89 Å². The van der Waals surface area contributed by atoms with Gasteiger partial charge in [0.1, 0.15) is 0 Å². The molecule has 5 heteroatoms. The summed E-state index contributed by atoms with van der Waals surface area (Å²) in [7, 11) is 1.55. The Bertz CT molecular complexity index is 527. The third-order valence-electron chi connectivity index (χ3n) is 2.04. The van der Waals surface area contributed by atoms with E-state index in [4.69, 9.17) is 10.2 Å². The molecule has 0 aliphatic rings. The molecule has 2 N–H and O–H groups in total. The maximum atomic E-state index is 11.0. The van der Waals surface area contributed by atoms with E-state index in [-0.39, 0.29) is 0 Å². The van der Waals surface area contributed by atoms with E-state index < -0.39 is 5.76 Å². The van der Waals surface area contributed by atoms with E-state index in [1.807, 2.05) is 18.2 Å². The number of nitrogens with zero attached hydrogens (tertiary/aromatic N) is 2. The molecular weight excluding hydrogens is 194 g/mol. The summed E-state index contributed by atoms with van der Waals surface area (Å²) >= 11 is 0. The van der Waals surface area contributed by atoms with Gasteiger partial charge in [0, 0.05) is 12.7 Å². The fourth-order valence-corrected chi connectivity index (χ4v) is 1.34. The van der Waals surface area contributed by atoms with Crippen LogP contribution in [-0.2, 0) is 13.5 Å². The molecule has 2 rings (SSSR count). The SMILES string of the molecule is Cn1nc(Cc2cccc(N)c2)oc1=O. The first-order valence-corrected chi connectivity index (χ1v) is 4.52. The molecule has 1 heterocycles. The molecule has 1 aromatic carbocycles. The number of aryl methyl sites for hydroxylation is 1. The molecule has 0 fully saturated rings. The van der Waals surface area contributed by atoms with Gasteiger partial charge in [0.25, 0.3) is 0 Å². The van der Waals surface area contributed by atoms with E-state index in [1.54, 1.807) is 13.1 Å². The van der Waals surface area contributed by atoms with Gasteiger partial charge < -0.3 is 10.2 Å². The highest BCUT2D eigenvalue weighted by atomic mass is 16.4. The minimum atomic E-state index is -0.450. The Morgan fingerprint density at radius 2 is 2.33 bits per heavy atom. The Morgan fingerprint density at radius 1 is 1.53 bits per heavy atom. The summed E-state index contributed by atoms with van der Waals surface area (Å²) in [6.45, 7) is 0. The van der Waals surface area contributed by atoms with Crippen molar-refractivity contribution in [1.82, 2.24) is 9.78 Å². The number of aromatic nitrogens is 2. The highest BCUT2D eigenvalue weighted by Gasteiger charge is 2.05. The lowest BCUT2D eigenvalue weighted by atomic mass is 10.1. The zero-order chi connectivity index (χ0) is 10.8. The van der Waals surface area contributed by atoms with E-state index in [2.05, 4.69) is 5.10 Å². The van der Waals surface area contributed by atoms with Crippen LogP contribution < -0.4 is 11.5 Å². The lowest BCUT2D eigenvalue weighted by Gasteiger charge is -1.97. The monoisotopic (exact) mass is 205 g/mol. The van der Waals surface area contributed by atoms with Crippen LogP contribution in [0.5, 0.6) is 0 Å². The van der Waals surface area contributed by atoms with Crippen LogP contribution in [0.25, 0.3) is 0 Å². The van der Waals surface area contributed by atoms with Crippen molar-refractivity contribution in [3.8, 4) is 0 Å². The number of hydrogen-bond acceptors (Lipinski definition) is 4. The summed E-state index contributed by atoms with van der Waals surface area (Å²) < 4.78 is 6.08. The molecule has 15 heavy (non-hydrogen) atoms. The van der Waals surface area contributed by atoms with Gasteiger partial charge in [-0.05, 0) is 17.7 Å². The molecule has 0 bridgehead atoms. The highest BCUT2D eigenvalue weighted by Crippen LogP contribution is 2.09. The van der Waals surface area contributed by atoms with Crippen LogP contribution in [0.15, 0.2) is 33.5 Å². The molecule has 0 spiro atoms. The smallest absolute Gasteiger partial charge is 0.399 e. The molecule has 0 unspecified atom stereocenters. The Balaban J connectivity index is 2.25. The molecule has 5 nitrogen and oxygen atoms in total. The Hall–Kier alpha value is -2.04. The average molecular weight is 205 g/mol. The lowest BCUT2D eigenvalue weighted by molar-refractivity contribution is 0.462. The van der Waals surface area contributed by atoms with E-state index in [0.29, 0.717) is 18.0 Å². The largest absolute Gasteiger partial charge is 0.436 e. The molecule has 0 saturated carbocycles. The summed E-state index contributed by atoms with van der Waals surface area (Å²) in [6.07, 6.45) is 0.473. The first kappa shape index (κ1) is 9.51. The molecule has 0 saturated heterocycles. The Morgan fingerprint density at radius 3 is 2.93 bits per heavy atom. The number of nitrogen functional groups attached to an aromatic ring is 1. The van der Waals surface area contributed by atoms with Crippen molar-refractivity contribution in [3.05, 3.63) is 46.3 Å². The summed E-state index contributed by atoms with van der Waals surface area (Å²) in [4.78, 5) is 11.0. The highest BCUT2D eigenvalue weighted by molar-refractivity contribution is 5.41. The summed E-state index contributed by atoms with van der Waals surface area (Å²) in [5, 5.41) is 3.93. The standard InChI is InChI=1S/C10H11N3O2/c1-13-10(14)15-9(12-13)6-7-3-2-4-8(11)5-7/h2-5H,6,11H2,1H3. The van der Waals surface area contributed by atoms with Gasteiger partial charge in [-0.1, -0.05) is 12.1 Å². The van der Waals surface area contributed by atoms with Crippen LogP contribution in [0.4, 0.5) is 5.69 Å². The molecule has 0 aliphatic heterocycles. The van der Waals surface area contributed by atoms with Gasteiger partial charge in [-0.15, -0.1) is 5.10 Å². The second kappa shape index (κ2) is 3.61. The molecule has 0 atom stereocenters. The van der Waals surface area contributed by atoms with Crippen molar-refractivity contribution in [3.63, 3.8) is 0 Å². The maximum Gasteiger partial charge on any atom is 0.436 e. The summed E-state index contributed by atoms with van der Waals surface area (Å²) in [5.41, 5.74) is 7.28. The predicted octanol–water partition coefficient (Wildman–Crippen LogP) is 0.546. The van der Waals surface area contributed by atoms with Crippen LogP contribution in [-0.4, -0.2) is 9.78 Å². The first-order chi connectivity index (χ1) is 7.15. The van der Waals surface area contributed by atoms with Crippen LogP contribution in [0, 0.1) is 0 Å². The van der Waals surface area contributed by atoms with Crippen molar-refractivity contribution in [2.75, 3.05) is 5.73 Å². The minimum absolute atomic E-state index is 0.396. The second-order valence-electron chi connectivity index (χ2n) is 3.31. The number of benzene rings is 1. The summed E-state index contributed by atoms with van der Waals surface area (Å²) in [6, 6.07) is 7.39. The third kappa shape index (κ3) is 2.07. The quantitative estimate of drug-likeness (QED) is 0.726. The van der Waals surface area contributed by atoms with E-state index >= 15 is 0 Å². The Kier molecular flexibility index (Phi) is 2.29. The molecule has 0 aliphatic carbocycles. The van der Waals surface area contributed by atoms with Crippen LogP contribution >= 0.6 is 0 Å². The van der Waals surface area contributed by atoms with Crippen LogP contribution in [0.3, 0.4) is 0 Å². The molecule has 2 aromatic rings. The number of rotatable bonds is 2. The van der Waals surface area contributed by atoms with Gasteiger partial charge in [-0.3, -0.25) is 0 Å². The number of anilines is 1. The molecule has 0 amide bonds. The normalized spacial score (nSPS) is 10.5. The fourth-order valence-electron chi connectivity index (χ4n) is 1.34. The van der Waals surface area contributed by atoms with Crippen molar-refractivity contribution in [2.24, 2.45) is 7.05 Å². The first-order valence-electron chi connectivity index (χ1n) is 4.52. The lowest BCUT2D eigenvalue weighted by Crippen LogP contribution is -2.09. The number of nitrogens with two attached hydrogens (primary N) is 1. The van der Waals surface area contributed by atoms with Gasteiger partial charge in [-0.25, -0.2) is 4.79 Å². The predicted molar refractivity (Wildman–Crippen MR) is 55.4 cm³/mol. The fraction of sp³-hybridized carbons (Fsp3) is 0.200. The van der Waals surface area contributed by atoms with Crippen molar-refractivity contribution < 1.29 is 4.42 Å².